The molecule has 64 heavy (non-hydrogen) atoms. The lowest BCUT2D eigenvalue weighted by Gasteiger charge is -2.35. The van der Waals surface area contributed by atoms with Crippen molar-refractivity contribution in [1.29, 1.82) is 0 Å². The summed E-state index contributed by atoms with van der Waals surface area (Å²) in [7, 11) is 0. The molecular weight excluding hydrogens is 771 g/mol. The Bertz CT molecular complexity index is 3420. The number of fused-ring (bicyclic) bond motifs is 3. The molecule has 2 unspecified atom stereocenters. The van der Waals surface area contributed by atoms with Crippen LogP contribution in [0, 0.1) is 0 Å². The molecule has 0 aromatic heterocycles. The van der Waals surface area contributed by atoms with E-state index in [4.69, 9.17) is 2.74 Å². The Morgan fingerprint density at radius 1 is 0.562 bits per heavy atom. The minimum atomic E-state index is -1.58. The number of nitrogens with zero attached hydrogens (tertiary/aromatic N) is 1. The van der Waals surface area contributed by atoms with Gasteiger partial charge < -0.3 is 4.90 Å². The van der Waals surface area contributed by atoms with Gasteiger partial charge in [-0.2, -0.15) is 0 Å². The molecular formula is C63H49N. The number of benzene rings is 9. The average Bonchev–Trinajstić information content (AvgIpc) is 3.73. The highest BCUT2D eigenvalue weighted by Crippen LogP contribution is 2.57. The zero-order valence-electron chi connectivity index (χ0n) is 43.1. The Morgan fingerprint density at radius 3 is 1.77 bits per heavy atom. The van der Waals surface area contributed by atoms with Gasteiger partial charge in [0.2, 0.25) is 0 Å². The number of hydrogen-bond acceptors (Lipinski definition) is 1. The maximum atomic E-state index is 9.88. The molecule has 1 nitrogen and oxygen atoms in total. The van der Waals surface area contributed by atoms with Gasteiger partial charge in [-0.1, -0.05) is 224 Å². The van der Waals surface area contributed by atoms with E-state index >= 15 is 0 Å². The van der Waals surface area contributed by atoms with Gasteiger partial charge in [0.25, 0.3) is 0 Å². The van der Waals surface area contributed by atoms with Gasteiger partial charge in [0.1, 0.15) is 0 Å². The number of rotatable bonds is 13. The van der Waals surface area contributed by atoms with Crippen LogP contribution in [0.1, 0.15) is 62.2 Å². The van der Waals surface area contributed by atoms with E-state index in [-0.39, 0.29) is 17.3 Å². The van der Waals surface area contributed by atoms with Crippen LogP contribution in [0.5, 0.6) is 0 Å². The van der Waals surface area contributed by atoms with Crippen LogP contribution in [0.25, 0.3) is 33.9 Å². The predicted octanol–water partition coefficient (Wildman–Crippen LogP) is 16.6. The number of hydrogen-bond donors (Lipinski definition) is 0. The van der Waals surface area contributed by atoms with E-state index < -0.39 is 48.0 Å². The van der Waals surface area contributed by atoms with Gasteiger partial charge in [-0.05, 0) is 116 Å². The summed E-state index contributed by atoms with van der Waals surface area (Å²) in [5.74, 6) is -1.49. The Hall–Kier alpha value is -8.00. The molecule has 9 aromatic rings. The van der Waals surface area contributed by atoms with Crippen molar-refractivity contribution in [2.45, 2.75) is 17.7 Å². The molecule has 1 heteroatoms. The minimum absolute atomic E-state index is 0.0258. The quantitative estimate of drug-likeness (QED) is 0.0636. The van der Waals surface area contributed by atoms with Crippen LogP contribution in [0.15, 0.2) is 267 Å². The van der Waals surface area contributed by atoms with Crippen LogP contribution in [-0.4, -0.2) is 0 Å². The minimum Gasteiger partial charge on any atom is -0.310 e. The van der Waals surface area contributed by atoms with E-state index in [0.717, 1.165) is 62.2 Å². The van der Waals surface area contributed by atoms with Gasteiger partial charge >= 0.3 is 0 Å². The molecule has 306 valence electrons. The van der Waals surface area contributed by atoms with Crippen LogP contribution in [0.2, 0.25) is 0 Å². The monoisotopic (exact) mass is 827 g/mol. The Kier molecular flexibility index (Phi) is 9.02. The summed E-state index contributed by atoms with van der Waals surface area (Å²) in [5, 5.41) is 0. The van der Waals surface area contributed by atoms with E-state index in [2.05, 4.69) is 54.6 Å². The van der Waals surface area contributed by atoms with Crippen LogP contribution >= 0.6 is 0 Å². The van der Waals surface area contributed by atoms with Crippen molar-refractivity contribution >= 4 is 28.7 Å². The first-order chi connectivity index (χ1) is 35.1. The maximum Gasteiger partial charge on any atom is 0.0714 e. The summed E-state index contributed by atoms with van der Waals surface area (Å²) in [6.45, 7) is 0.756. The van der Waals surface area contributed by atoms with Crippen LogP contribution in [0.3, 0.4) is 0 Å². The van der Waals surface area contributed by atoms with Gasteiger partial charge in [-0.3, -0.25) is 0 Å². The summed E-state index contributed by atoms with van der Waals surface area (Å²) in [5.41, 5.74) is 10.7. The van der Waals surface area contributed by atoms with Crippen molar-refractivity contribution in [3.05, 3.63) is 306 Å². The van der Waals surface area contributed by atoms with E-state index in [1.54, 1.807) is 11.0 Å². The van der Waals surface area contributed by atoms with Gasteiger partial charge in [0.05, 0.1) is 15.0 Å². The SMILES string of the molecule is [2H]C=C([2H])C(c1c([2H])c([2H])c(N(c2ccc(-c3ccccc3)cc2)c2ccc3c(c2)C(c2ccccc2)(c2ccccc2)c2ccccc2-3)c([2H])c1[2H])C([2H])/C([2H])=C/C(=C/c1ccccc1)c1ccccc1. The third-order valence-corrected chi connectivity index (χ3v) is 12.0. The van der Waals surface area contributed by atoms with Crippen LogP contribution < -0.4 is 4.90 Å². The van der Waals surface area contributed by atoms with Gasteiger partial charge in [0.15, 0.2) is 0 Å². The van der Waals surface area contributed by atoms with Crippen LogP contribution in [-0.2, 0) is 5.41 Å². The maximum absolute atomic E-state index is 9.88. The van der Waals surface area contributed by atoms with Gasteiger partial charge in [-0.15, -0.1) is 6.55 Å². The molecule has 9 aromatic carbocycles. The molecule has 0 radical (unpaired) electrons. The first kappa shape index (κ1) is 31.8. The largest absolute Gasteiger partial charge is 0.310 e. The summed E-state index contributed by atoms with van der Waals surface area (Å²) in [6.07, 6.45) is 1.87. The molecule has 0 aliphatic heterocycles. The zero-order valence-corrected chi connectivity index (χ0v) is 35.1. The summed E-state index contributed by atoms with van der Waals surface area (Å²) < 4.78 is 75.4. The fourth-order valence-electron chi connectivity index (χ4n) is 9.01. The molecule has 0 spiro atoms. The molecule has 0 bridgehead atoms. The lowest BCUT2D eigenvalue weighted by molar-refractivity contribution is 0.768. The molecule has 0 saturated heterocycles. The average molecular weight is 828 g/mol. The first-order valence-electron chi connectivity index (χ1n) is 25.7. The van der Waals surface area contributed by atoms with Crippen molar-refractivity contribution < 1.29 is 11.0 Å². The van der Waals surface area contributed by atoms with E-state index in [9.17, 15) is 8.22 Å². The fourth-order valence-corrected chi connectivity index (χ4v) is 9.01. The van der Waals surface area contributed by atoms with Gasteiger partial charge in [-0.25, -0.2) is 0 Å². The van der Waals surface area contributed by atoms with Gasteiger partial charge in [0, 0.05) is 24.4 Å². The van der Waals surface area contributed by atoms with E-state index in [1.165, 1.54) is 0 Å². The van der Waals surface area contributed by atoms with E-state index in [1.807, 2.05) is 170 Å². The summed E-state index contributed by atoms with van der Waals surface area (Å²) in [4.78, 5) is 1.77. The highest BCUT2D eigenvalue weighted by molar-refractivity contribution is 5.90. The molecule has 0 N–H and O–H groups in total. The molecule has 1 aliphatic rings. The third kappa shape index (κ3) is 7.74. The summed E-state index contributed by atoms with van der Waals surface area (Å²) in [6, 6.07) is 69.9. The predicted molar refractivity (Wildman–Crippen MR) is 271 cm³/mol. The molecule has 0 saturated carbocycles. The Balaban J connectivity index is 1.17. The number of allylic oxidation sites excluding steroid dienone is 4. The lowest BCUT2D eigenvalue weighted by Crippen LogP contribution is -2.28. The van der Waals surface area contributed by atoms with E-state index in [0.29, 0.717) is 16.9 Å². The smallest absolute Gasteiger partial charge is 0.0714 e. The standard InChI is InChI=1S/C63H49N/c1-2-48(27-20-28-53(50-25-12-5-13-26-50)45-47-21-8-3-9-22-47)51-35-39-56(40-36-51)64(57-41-37-52(38-42-57)49-23-10-4-11-24-49)58-43-44-60-59-33-18-19-34-61(59)63(62(60)46-58,54-29-14-6-15-30-54)55-31-16-7-17-32-55/h2-26,28-46,48H,1,27H2/b28-20+,53-45-/i1D,2D,20D,27D,35D,36D,39D,40D/b2-1?,28-20+,53-45-. The van der Waals surface area contributed by atoms with Crippen molar-refractivity contribution in [2.24, 2.45) is 0 Å². The zero-order chi connectivity index (χ0) is 49.9. The van der Waals surface area contributed by atoms with Crippen molar-refractivity contribution in [3.63, 3.8) is 0 Å². The Labute approximate surface area is 389 Å². The van der Waals surface area contributed by atoms with Crippen molar-refractivity contribution in [1.82, 2.24) is 0 Å². The van der Waals surface area contributed by atoms with Crippen molar-refractivity contribution in [2.75, 3.05) is 4.90 Å². The second kappa shape index (κ2) is 18.2. The normalized spacial score (nSPS) is 16.0. The second-order valence-corrected chi connectivity index (χ2v) is 15.8. The molecule has 2 atom stereocenters. The molecule has 0 heterocycles. The molecule has 0 amide bonds. The van der Waals surface area contributed by atoms with Crippen molar-refractivity contribution in [3.8, 4) is 22.3 Å². The molecule has 0 fully saturated rings. The third-order valence-electron chi connectivity index (χ3n) is 12.0. The topological polar surface area (TPSA) is 3.24 Å². The Morgan fingerprint density at radius 2 is 1.11 bits per heavy atom. The molecule has 10 rings (SSSR count). The molecule has 1 aliphatic carbocycles. The fraction of sp³-hybridized carbons (Fsp3) is 0.0476. The lowest BCUT2D eigenvalue weighted by atomic mass is 9.67. The van der Waals surface area contributed by atoms with Crippen LogP contribution in [0.4, 0.5) is 17.1 Å². The highest BCUT2D eigenvalue weighted by Gasteiger charge is 2.46. The first-order valence-corrected chi connectivity index (χ1v) is 21.5. The summed E-state index contributed by atoms with van der Waals surface area (Å²) >= 11 is 0. The highest BCUT2D eigenvalue weighted by atomic mass is 15.1. The second-order valence-electron chi connectivity index (χ2n) is 15.8. The number of anilines is 3.